The Morgan fingerprint density at radius 1 is 1.27 bits per heavy atom. The third kappa shape index (κ3) is 1.54. The van der Waals surface area contributed by atoms with E-state index in [-0.39, 0.29) is 0 Å². The highest BCUT2D eigenvalue weighted by Crippen LogP contribution is 2.08. The molecule has 2 atom stereocenters. The van der Waals surface area contributed by atoms with Gasteiger partial charge in [-0.1, -0.05) is 6.08 Å². The van der Waals surface area contributed by atoms with E-state index in [0.29, 0.717) is 12.2 Å². The highest BCUT2D eigenvalue weighted by Gasteiger charge is 2.23. The Bertz CT molecular complexity index is 149. The average Bonchev–Trinajstić information content (AvgIpc) is 2.58. The van der Waals surface area contributed by atoms with Gasteiger partial charge in [0, 0.05) is 12.6 Å². The predicted molar refractivity (Wildman–Crippen MR) is 45.1 cm³/mol. The fourth-order valence-electron chi connectivity index (χ4n) is 1.74. The van der Waals surface area contributed by atoms with Gasteiger partial charge in [0.15, 0.2) is 0 Å². The molecule has 0 aromatic rings. The molecule has 1 unspecified atom stereocenters. The molecule has 1 fully saturated rings. The van der Waals surface area contributed by atoms with Crippen molar-refractivity contribution in [3.05, 3.63) is 12.3 Å². The van der Waals surface area contributed by atoms with Crippen LogP contribution in [0.25, 0.3) is 0 Å². The van der Waals surface area contributed by atoms with Gasteiger partial charge in [0.25, 0.3) is 0 Å². The second-order valence-corrected chi connectivity index (χ2v) is 3.16. The van der Waals surface area contributed by atoms with Crippen molar-refractivity contribution in [2.45, 2.75) is 25.0 Å². The first-order valence-corrected chi connectivity index (χ1v) is 4.34. The van der Waals surface area contributed by atoms with Crippen molar-refractivity contribution >= 4 is 0 Å². The highest BCUT2D eigenvalue weighted by molar-refractivity contribution is 4.96. The van der Waals surface area contributed by atoms with Crippen LogP contribution in [-0.2, 0) is 0 Å². The van der Waals surface area contributed by atoms with Crippen LogP contribution in [0, 0.1) is 0 Å². The molecule has 2 heterocycles. The molecule has 2 rings (SSSR count). The molecule has 3 nitrogen and oxygen atoms in total. The van der Waals surface area contributed by atoms with E-state index in [2.05, 4.69) is 22.0 Å². The largest absolute Gasteiger partial charge is 0.375 e. The number of rotatable bonds is 1. The molecule has 62 valence electrons. The van der Waals surface area contributed by atoms with Crippen molar-refractivity contribution in [1.82, 2.24) is 16.0 Å². The fraction of sp³-hybridized carbons (Fsp3) is 0.750. The van der Waals surface area contributed by atoms with E-state index in [9.17, 15) is 0 Å². The standard InChI is InChI=1S/C8H15N3/c1-3-7(9-4-1)8-10-5-2-6-11-8/h2,5,7-11H,1,3-4,6H2/t7-,8?/m0/s1. The van der Waals surface area contributed by atoms with Gasteiger partial charge in [-0.3, -0.25) is 5.32 Å². The predicted octanol–water partition coefficient (Wildman–Crippen LogP) is -0.229. The zero-order valence-corrected chi connectivity index (χ0v) is 6.64. The van der Waals surface area contributed by atoms with Crippen molar-refractivity contribution in [2.24, 2.45) is 0 Å². The number of nitrogens with one attached hydrogen (secondary N) is 3. The summed E-state index contributed by atoms with van der Waals surface area (Å²) < 4.78 is 0. The molecule has 3 N–H and O–H groups in total. The van der Waals surface area contributed by atoms with Crippen LogP contribution in [0.4, 0.5) is 0 Å². The van der Waals surface area contributed by atoms with E-state index < -0.39 is 0 Å². The molecule has 0 saturated carbocycles. The Morgan fingerprint density at radius 2 is 2.27 bits per heavy atom. The van der Waals surface area contributed by atoms with E-state index in [4.69, 9.17) is 0 Å². The lowest BCUT2D eigenvalue weighted by atomic mass is 10.1. The third-order valence-electron chi connectivity index (χ3n) is 2.35. The van der Waals surface area contributed by atoms with Crippen LogP contribution in [0.2, 0.25) is 0 Å². The van der Waals surface area contributed by atoms with E-state index in [0.717, 1.165) is 6.54 Å². The molecular weight excluding hydrogens is 138 g/mol. The molecule has 0 aromatic heterocycles. The topological polar surface area (TPSA) is 36.1 Å². The number of hydrogen-bond donors (Lipinski definition) is 3. The SMILES string of the molecule is C1=CNC([C@@H]2CCCN2)NC1. The van der Waals surface area contributed by atoms with E-state index in [1.165, 1.54) is 19.4 Å². The van der Waals surface area contributed by atoms with Crippen LogP contribution in [-0.4, -0.2) is 25.3 Å². The first kappa shape index (κ1) is 7.13. The van der Waals surface area contributed by atoms with Crippen molar-refractivity contribution in [2.75, 3.05) is 13.1 Å². The fourth-order valence-corrected chi connectivity index (χ4v) is 1.74. The minimum atomic E-state index is 0.447. The van der Waals surface area contributed by atoms with Gasteiger partial charge < -0.3 is 10.6 Å². The number of hydrogen-bond acceptors (Lipinski definition) is 3. The molecule has 2 aliphatic heterocycles. The average molecular weight is 153 g/mol. The second-order valence-electron chi connectivity index (χ2n) is 3.16. The lowest BCUT2D eigenvalue weighted by molar-refractivity contribution is 0.372. The third-order valence-corrected chi connectivity index (χ3v) is 2.35. The lowest BCUT2D eigenvalue weighted by Crippen LogP contribution is -2.54. The Labute approximate surface area is 67.2 Å². The van der Waals surface area contributed by atoms with Crippen LogP contribution >= 0.6 is 0 Å². The quantitative estimate of drug-likeness (QED) is 0.487. The normalized spacial score (nSPS) is 37.1. The lowest BCUT2D eigenvalue weighted by Gasteiger charge is -2.27. The summed E-state index contributed by atoms with van der Waals surface area (Å²) in [6.45, 7) is 2.17. The minimum absolute atomic E-state index is 0.447. The van der Waals surface area contributed by atoms with Gasteiger partial charge in [0.05, 0.1) is 6.17 Å². The van der Waals surface area contributed by atoms with E-state index in [1.807, 2.05) is 6.20 Å². The molecule has 0 radical (unpaired) electrons. The van der Waals surface area contributed by atoms with Gasteiger partial charge in [-0.15, -0.1) is 0 Å². The van der Waals surface area contributed by atoms with Crippen LogP contribution in [0.3, 0.4) is 0 Å². The Hall–Kier alpha value is -0.540. The molecule has 11 heavy (non-hydrogen) atoms. The summed E-state index contributed by atoms with van der Waals surface area (Å²) in [5.41, 5.74) is 0. The molecule has 3 heteroatoms. The monoisotopic (exact) mass is 153 g/mol. The molecule has 2 aliphatic rings. The van der Waals surface area contributed by atoms with Gasteiger partial charge in [-0.2, -0.15) is 0 Å². The first-order valence-electron chi connectivity index (χ1n) is 4.34. The minimum Gasteiger partial charge on any atom is -0.375 e. The maximum atomic E-state index is 3.47. The Balaban J connectivity index is 1.88. The summed E-state index contributed by atoms with van der Waals surface area (Å²) in [5, 5.41) is 10.2. The van der Waals surface area contributed by atoms with E-state index >= 15 is 0 Å². The smallest absolute Gasteiger partial charge is 0.0923 e. The Kier molecular flexibility index (Phi) is 2.10. The van der Waals surface area contributed by atoms with Crippen molar-refractivity contribution < 1.29 is 0 Å². The van der Waals surface area contributed by atoms with Gasteiger partial charge in [-0.05, 0) is 25.6 Å². The summed E-state index contributed by atoms with van der Waals surface area (Å²) in [7, 11) is 0. The highest BCUT2D eigenvalue weighted by atomic mass is 15.2. The van der Waals surface area contributed by atoms with Gasteiger partial charge >= 0.3 is 0 Å². The van der Waals surface area contributed by atoms with E-state index in [1.54, 1.807) is 0 Å². The zero-order valence-electron chi connectivity index (χ0n) is 6.64. The molecule has 1 saturated heterocycles. The van der Waals surface area contributed by atoms with Crippen molar-refractivity contribution in [3.8, 4) is 0 Å². The van der Waals surface area contributed by atoms with Crippen LogP contribution in [0.1, 0.15) is 12.8 Å². The van der Waals surface area contributed by atoms with Crippen LogP contribution in [0.15, 0.2) is 12.3 Å². The van der Waals surface area contributed by atoms with Gasteiger partial charge in [0.1, 0.15) is 0 Å². The molecular formula is C8H15N3. The van der Waals surface area contributed by atoms with Crippen molar-refractivity contribution in [3.63, 3.8) is 0 Å². The molecule has 0 bridgehead atoms. The van der Waals surface area contributed by atoms with Crippen molar-refractivity contribution in [1.29, 1.82) is 0 Å². The van der Waals surface area contributed by atoms with Gasteiger partial charge in [-0.25, -0.2) is 0 Å². The second kappa shape index (κ2) is 3.24. The maximum absolute atomic E-state index is 3.47. The first-order chi connectivity index (χ1) is 5.47. The summed E-state index contributed by atoms with van der Waals surface area (Å²) in [6.07, 6.45) is 7.20. The molecule has 0 aromatic carbocycles. The Morgan fingerprint density at radius 3 is 2.91 bits per heavy atom. The molecule has 0 amide bonds. The molecule has 0 spiro atoms. The van der Waals surface area contributed by atoms with Crippen LogP contribution < -0.4 is 16.0 Å². The summed E-state index contributed by atoms with van der Waals surface area (Å²) in [6, 6.07) is 0.625. The summed E-state index contributed by atoms with van der Waals surface area (Å²) in [4.78, 5) is 0. The molecule has 0 aliphatic carbocycles. The van der Waals surface area contributed by atoms with Gasteiger partial charge in [0.2, 0.25) is 0 Å². The summed E-state index contributed by atoms with van der Waals surface area (Å²) in [5.74, 6) is 0. The zero-order chi connectivity index (χ0) is 7.52. The maximum Gasteiger partial charge on any atom is 0.0923 e. The van der Waals surface area contributed by atoms with Crippen LogP contribution in [0.5, 0.6) is 0 Å². The summed E-state index contributed by atoms with van der Waals surface area (Å²) >= 11 is 0.